The minimum atomic E-state index is -0.405. The number of hydrogen-bond acceptors (Lipinski definition) is 5. The number of esters is 1. The summed E-state index contributed by atoms with van der Waals surface area (Å²) in [6.07, 6.45) is 3.04. The van der Waals surface area contributed by atoms with Crippen LogP contribution in [0.3, 0.4) is 0 Å². The molecule has 0 saturated carbocycles. The Morgan fingerprint density at radius 3 is 2.75 bits per heavy atom. The molecule has 2 rings (SSSR count). The summed E-state index contributed by atoms with van der Waals surface area (Å²) in [5.74, 6) is 1.06. The van der Waals surface area contributed by atoms with Crippen molar-refractivity contribution in [2.75, 3.05) is 26.6 Å². The third-order valence-corrected chi connectivity index (χ3v) is 2.89. The highest BCUT2D eigenvalue weighted by Gasteiger charge is 2.05. The van der Waals surface area contributed by atoms with Crippen LogP contribution in [0.15, 0.2) is 30.3 Å². The highest BCUT2D eigenvalue weighted by atomic mass is 16.5. The van der Waals surface area contributed by atoms with Crippen LogP contribution in [0.25, 0.3) is 17.0 Å². The summed E-state index contributed by atoms with van der Waals surface area (Å²) in [7, 11) is 4.75. The van der Waals surface area contributed by atoms with Gasteiger partial charge in [0.1, 0.15) is 11.6 Å². The number of pyridine rings is 1. The zero-order valence-electron chi connectivity index (χ0n) is 11.6. The van der Waals surface area contributed by atoms with Crippen LogP contribution in [0.5, 0.6) is 5.75 Å². The van der Waals surface area contributed by atoms with Gasteiger partial charge in [-0.25, -0.2) is 9.78 Å². The summed E-state index contributed by atoms with van der Waals surface area (Å²) in [6, 6.07) is 7.59. The molecule has 0 aliphatic rings. The molecular formula is C15H16N2O3. The highest BCUT2D eigenvalue weighted by molar-refractivity contribution is 5.91. The quantitative estimate of drug-likeness (QED) is 0.684. The van der Waals surface area contributed by atoms with Gasteiger partial charge in [-0.3, -0.25) is 0 Å². The average Bonchev–Trinajstić information content (AvgIpc) is 2.50. The van der Waals surface area contributed by atoms with Gasteiger partial charge in [0, 0.05) is 24.1 Å². The number of carbonyl (C=O) groups excluding carboxylic acids is 1. The predicted molar refractivity (Wildman–Crippen MR) is 78.9 cm³/mol. The summed E-state index contributed by atoms with van der Waals surface area (Å²) in [5.41, 5.74) is 1.66. The SMILES string of the molecule is CNc1nc2ccc(OC)cc2cc1/C=C/C(=O)OC. The number of ether oxygens (including phenoxy) is 2. The first-order valence-corrected chi connectivity index (χ1v) is 6.10. The standard InChI is InChI=1S/C15H16N2O3/c1-16-15-10(4-7-14(18)20-3)8-11-9-12(19-2)5-6-13(11)17-15/h4-9H,1-3H3,(H,16,17)/b7-4+. The van der Waals surface area contributed by atoms with Gasteiger partial charge in [-0.2, -0.15) is 0 Å². The third-order valence-electron chi connectivity index (χ3n) is 2.89. The van der Waals surface area contributed by atoms with Crippen LogP contribution in [0.4, 0.5) is 5.82 Å². The fraction of sp³-hybridized carbons (Fsp3) is 0.200. The minimum Gasteiger partial charge on any atom is -0.497 e. The molecule has 2 aromatic rings. The fourth-order valence-corrected chi connectivity index (χ4v) is 1.85. The molecule has 0 radical (unpaired) electrons. The number of rotatable bonds is 4. The van der Waals surface area contributed by atoms with Gasteiger partial charge >= 0.3 is 5.97 Å². The van der Waals surface area contributed by atoms with Crippen molar-refractivity contribution < 1.29 is 14.3 Å². The molecule has 104 valence electrons. The van der Waals surface area contributed by atoms with E-state index in [2.05, 4.69) is 15.0 Å². The molecule has 5 nitrogen and oxygen atoms in total. The monoisotopic (exact) mass is 272 g/mol. The summed E-state index contributed by atoms with van der Waals surface area (Å²) >= 11 is 0. The number of benzene rings is 1. The van der Waals surface area contributed by atoms with E-state index < -0.39 is 5.97 Å². The van der Waals surface area contributed by atoms with E-state index in [1.54, 1.807) is 20.2 Å². The second-order valence-corrected chi connectivity index (χ2v) is 4.09. The Morgan fingerprint density at radius 1 is 1.30 bits per heavy atom. The number of anilines is 1. The molecule has 0 amide bonds. The van der Waals surface area contributed by atoms with E-state index in [1.165, 1.54) is 13.2 Å². The fourth-order valence-electron chi connectivity index (χ4n) is 1.85. The molecule has 0 fully saturated rings. The molecule has 20 heavy (non-hydrogen) atoms. The lowest BCUT2D eigenvalue weighted by molar-refractivity contribution is -0.134. The Bertz CT molecular complexity index is 665. The highest BCUT2D eigenvalue weighted by Crippen LogP contribution is 2.25. The van der Waals surface area contributed by atoms with E-state index in [0.717, 1.165) is 22.2 Å². The number of nitrogens with zero attached hydrogens (tertiary/aromatic N) is 1. The van der Waals surface area contributed by atoms with Crippen molar-refractivity contribution in [3.63, 3.8) is 0 Å². The van der Waals surface area contributed by atoms with Crippen molar-refractivity contribution in [2.24, 2.45) is 0 Å². The van der Waals surface area contributed by atoms with Gasteiger partial charge in [0.05, 0.1) is 19.7 Å². The van der Waals surface area contributed by atoms with Gasteiger partial charge < -0.3 is 14.8 Å². The first-order valence-electron chi connectivity index (χ1n) is 6.10. The maximum absolute atomic E-state index is 11.2. The van der Waals surface area contributed by atoms with Crippen LogP contribution in [-0.4, -0.2) is 32.2 Å². The van der Waals surface area contributed by atoms with Gasteiger partial charge in [-0.05, 0) is 30.3 Å². The first-order chi connectivity index (χ1) is 9.67. The molecule has 0 aliphatic heterocycles. The molecule has 5 heteroatoms. The molecule has 0 bridgehead atoms. The molecule has 1 N–H and O–H groups in total. The Kier molecular flexibility index (Phi) is 4.20. The van der Waals surface area contributed by atoms with E-state index in [9.17, 15) is 4.79 Å². The van der Waals surface area contributed by atoms with Crippen molar-refractivity contribution in [1.82, 2.24) is 4.98 Å². The van der Waals surface area contributed by atoms with Crippen LogP contribution >= 0.6 is 0 Å². The van der Waals surface area contributed by atoms with Gasteiger partial charge in [-0.15, -0.1) is 0 Å². The largest absolute Gasteiger partial charge is 0.497 e. The Balaban J connectivity index is 2.51. The van der Waals surface area contributed by atoms with Crippen molar-refractivity contribution in [3.8, 4) is 5.75 Å². The van der Waals surface area contributed by atoms with E-state index in [0.29, 0.717) is 5.82 Å². The lowest BCUT2D eigenvalue weighted by atomic mass is 10.1. The summed E-state index contributed by atoms with van der Waals surface area (Å²) < 4.78 is 9.78. The van der Waals surface area contributed by atoms with Crippen LogP contribution in [-0.2, 0) is 9.53 Å². The topological polar surface area (TPSA) is 60.5 Å². The summed E-state index contributed by atoms with van der Waals surface area (Å²) in [5, 5.41) is 3.95. The van der Waals surface area contributed by atoms with Crippen molar-refractivity contribution in [1.29, 1.82) is 0 Å². The predicted octanol–water partition coefficient (Wildman–Crippen LogP) is 2.47. The Labute approximate surface area is 117 Å². The second kappa shape index (κ2) is 6.06. The molecule has 0 atom stereocenters. The van der Waals surface area contributed by atoms with Gasteiger partial charge in [0.15, 0.2) is 0 Å². The Hall–Kier alpha value is -2.56. The van der Waals surface area contributed by atoms with E-state index in [4.69, 9.17) is 4.74 Å². The molecule has 1 heterocycles. The van der Waals surface area contributed by atoms with Crippen LogP contribution in [0.1, 0.15) is 5.56 Å². The number of methoxy groups -OCH3 is 2. The van der Waals surface area contributed by atoms with Gasteiger partial charge in [0.2, 0.25) is 0 Å². The smallest absolute Gasteiger partial charge is 0.330 e. The van der Waals surface area contributed by atoms with Crippen molar-refractivity contribution >= 4 is 28.8 Å². The molecule has 1 aromatic carbocycles. The van der Waals surface area contributed by atoms with E-state index in [1.807, 2.05) is 24.3 Å². The molecule has 1 aromatic heterocycles. The lowest BCUT2D eigenvalue weighted by Crippen LogP contribution is -1.98. The molecule has 0 spiro atoms. The summed E-state index contributed by atoms with van der Waals surface area (Å²) in [6.45, 7) is 0. The molecular weight excluding hydrogens is 256 g/mol. The minimum absolute atomic E-state index is 0.405. The molecule has 0 aliphatic carbocycles. The number of carbonyl (C=O) groups is 1. The first kappa shape index (κ1) is 13.9. The van der Waals surface area contributed by atoms with Crippen LogP contribution < -0.4 is 10.1 Å². The maximum atomic E-state index is 11.2. The van der Waals surface area contributed by atoms with E-state index in [-0.39, 0.29) is 0 Å². The van der Waals surface area contributed by atoms with Crippen molar-refractivity contribution in [3.05, 3.63) is 35.9 Å². The molecule has 0 saturated heterocycles. The van der Waals surface area contributed by atoms with Crippen LogP contribution in [0.2, 0.25) is 0 Å². The Morgan fingerprint density at radius 2 is 2.10 bits per heavy atom. The van der Waals surface area contributed by atoms with E-state index >= 15 is 0 Å². The number of hydrogen-bond donors (Lipinski definition) is 1. The average molecular weight is 272 g/mol. The number of fused-ring (bicyclic) bond motifs is 1. The maximum Gasteiger partial charge on any atom is 0.330 e. The van der Waals surface area contributed by atoms with Crippen molar-refractivity contribution in [2.45, 2.75) is 0 Å². The normalized spacial score (nSPS) is 10.8. The number of nitrogens with one attached hydrogen (secondary N) is 1. The zero-order chi connectivity index (χ0) is 14.5. The van der Waals surface area contributed by atoms with Gasteiger partial charge in [-0.1, -0.05) is 0 Å². The third kappa shape index (κ3) is 2.88. The zero-order valence-corrected chi connectivity index (χ0v) is 11.6. The second-order valence-electron chi connectivity index (χ2n) is 4.09. The molecule has 0 unspecified atom stereocenters. The van der Waals surface area contributed by atoms with Crippen LogP contribution in [0, 0.1) is 0 Å². The van der Waals surface area contributed by atoms with Gasteiger partial charge in [0.25, 0.3) is 0 Å². The summed E-state index contributed by atoms with van der Waals surface area (Å²) in [4.78, 5) is 15.7. The number of aromatic nitrogens is 1. The lowest BCUT2D eigenvalue weighted by Gasteiger charge is -2.08.